The van der Waals surface area contributed by atoms with Crippen LogP contribution in [0.3, 0.4) is 0 Å². The van der Waals surface area contributed by atoms with Crippen LogP contribution in [0, 0.1) is 0 Å². The van der Waals surface area contributed by atoms with Crippen molar-refractivity contribution in [3.63, 3.8) is 0 Å². The van der Waals surface area contributed by atoms with Crippen molar-refractivity contribution in [3.05, 3.63) is 0 Å². The van der Waals surface area contributed by atoms with Crippen LogP contribution in [-0.4, -0.2) is 62.8 Å². The standard InChI is InChI=1S/C11H26O7Si/c1-7-15-8-9-16-10(2)17-11(3)18-19(12-4,13-5)14-6/h10-11H,7-9H2,1-6H3. The van der Waals surface area contributed by atoms with E-state index in [0.29, 0.717) is 19.8 Å². The predicted molar refractivity (Wildman–Crippen MR) is 70.3 cm³/mol. The van der Waals surface area contributed by atoms with E-state index in [9.17, 15) is 0 Å². The van der Waals surface area contributed by atoms with E-state index in [4.69, 9.17) is 31.9 Å². The Morgan fingerprint density at radius 3 is 1.95 bits per heavy atom. The van der Waals surface area contributed by atoms with E-state index in [1.165, 1.54) is 21.3 Å². The van der Waals surface area contributed by atoms with Gasteiger partial charge in [0.2, 0.25) is 0 Å². The Hall–Kier alpha value is -0.0631. The molecule has 2 atom stereocenters. The van der Waals surface area contributed by atoms with E-state index >= 15 is 0 Å². The Bertz CT molecular complexity index is 205. The minimum absolute atomic E-state index is 0.423. The molecule has 0 spiro atoms. The van der Waals surface area contributed by atoms with Crippen LogP contribution >= 0.6 is 0 Å². The highest BCUT2D eigenvalue weighted by atomic mass is 28.4. The van der Waals surface area contributed by atoms with Crippen LogP contribution in [0.5, 0.6) is 0 Å². The monoisotopic (exact) mass is 298 g/mol. The van der Waals surface area contributed by atoms with Gasteiger partial charge in [-0.05, 0) is 20.8 Å². The maximum Gasteiger partial charge on any atom is 0.680 e. The predicted octanol–water partition coefficient (Wildman–Crippen LogP) is 1.14. The molecule has 116 valence electrons. The molecular formula is C11H26O7Si. The molecule has 8 heteroatoms. The molecule has 0 aliphatic heterocycles. The second-order valence-electron chi connectivity index (χ2n) is 3.57. The molecule has 0 aliphatic rings. The summed E-state index contributed by atoms with van der Waals surface area (Å²) in [6, 6.07) is 0. The van der Waals surface area contributed by atoms with Gasteiger partial charge in [0.25, 0.3) is 0 Å². The average Bonchev–Trinajstić information content (AvgIpc) is 2.41. The second-order valence-corrected chi connectivity index (χ2v) is 6.03. The van der Waals surface area contributed by atoms with Gasteiger partial charge in [0.05, 0.1) is 13.2 Å². The number of ether oxygens (including phenoxy) is 3. The summed E-state index contributed by atoms with van der Waals surface area (Å²) < 4.78 is 37.0. The maximum absolute atomic E-state index is 5.52. The Morgan fingerprint density at radius 2 is 1.47 bits per heavy atom. The number of rotatable bonds is 12. The normalized spacial score (nSPS) is 15.5. The van der Waals surface area contributed by atoms with E-state index < -0.39 is 21.6 Å². The minimum atomic E-state index is -3.10. The van der Waals surface area contributed by atoms with Gasteiger partial charge in [0.15, 0.2) is 12.6 Å². The third-order valence-electron chi connectivity index (χ3n) is 2.23. The van der Waals surface area contributed by atoms with Crippen molar-refractivity contribution < 1.29 is 31.9 Å². The first kappa shape index (κ1) is 18.9. The zero-order valence-electron chi connectivity index (χ0n) is 12.6. The van der Waals surface area contributed by atoms with Gasteiger partial charge in [0.1, 0.15) is 0 Å². The van der Waals surface area contributed by atoms with Crippen molar-refractivity contribution in [3.8, 4) is 0 Å². The van der Waals surface area contributed by atoms with Gasteiger partial charge in [0, 0.05) is 27.9 Å². The van der Waals surface area contributed by atoms with Gasteiger partial charge in [-0.15, -0.1) is 0 Å². The lowest BCUT2D eigenvalue weighted by Gasteiger charge is -2.28. The Balaban J connectivity index is 3.97. The summed E-state index contributed by atoms with van der Waals surface area (Å²) in [6.07, 6.45) is -0.999. The quantitative estimate of drug-likeness (QED) is 0.304. The van der Waals surface area contributed by atoms with Crippen molar-refractivity contribution in [1.29, 1.82) is 0 Å². The minimum Gasteiger partial charge on any atom is -0.379 e. The van der Waals surface area contributed by atoms with Gasteiger partial charge in [-0.3, -0.25) is 0 Å². The van der Waals surface area contributed by atoms with Crippen LogP contribution in [0.15, 0.2) is 0 Å². The molecule has 2 unspecified atom stereocenters. The van der Waals surface area contributed by atoms with Crippen molar-refractivity contribution in [2.24, 2.45) is 0 Å². The summed E-state index contributed by atoms with van der Waals surface area (Å²) in [5, 5.41) is 0. The van der Waals surface area contributed by atoms with Gasteiger partial charge in [-0.2, -0.15) is 0 Å². The van der Waals surface area contributed by atoms with E-state index in [2.05, 4.69) is 0 Å². The second kappa shape index (κ2) is 10.7. The molecule has 0 aliphatic carbocycles. The fourth-order valence-corrected chi connectivity index (χ4v) is 2.60. The molecule has 0 heterocycles. The van der Waals surface area contributed by atoms with E-state index in [-0.39, 0.29) is 0 Å². The highest BCUT2D eigenvalue weighted by Crippen LogP contribution is 2.13. The highest BCUT2D eigenvalue weighted by molar-refractivity contribution is 6.53. The van der Waals surface area contributed by atoms with Gasteiger partial charge in [-0.1, -0.05) is 0 Å². The molecule has 0 amide bonds. The molecule has 0 rings (SSSR count). The van der Waals surface area contributed by atoms with Crippen LogP contribution in [0.4, 0.5) is 0 Å². The van der Waals surface area contributed by atoms with Crippen LogP contribution < -0.4 is 0 Å². The Morgan fingerprint density at radius 1 is 0.895 bits per heavy atom. The SMILES string of the molecule is CCOCCOC(C)OC(C)O[Si](OC)(OC)OC. The van der Waals surface area contributed by atoms with Crippen LogP contribution in [0.25, 0.3) is 0 Å². The summed E-state index contributed by atoms with van der Waals surface area (Å²) in [5.41, 5.74) is 0. The van der Waals surface area contributed by atoms with Gasteiger partial charge >= 0.3 is 9.05 Å². The molecule has 0 aromatic heterocycles. The molecule has 0 fully saturated rings. The molecule has 0 aromatic rings. The lowest BCUT2D eigenvalue weighted by Crippen LogP contribution is -2.49. The van der Waals surface area contributed by atoms with Gasteiger partial charge < -0.3 is 31.9 Å². The first-order valence-corrected chi connectivity index (χ1v) is 7.84. The Kier molecular flexibility index (Phi) is 10.7. The summed E-state index contributed by atoms with van der Waals surface area (Å²) >= 11 is 0. The van der Waals surface area contributed by atoms with Crippen LogP contribution in [0.1, 0.15) is 20.8 Å². The zero-order chi connectivity index (χ0) is 14.7. The fourth-order valence-electron chi connectivity index (χ4n) is 1.35. The van der Waals surface area contributed by atoms with Gasteiger partial charge in [-0.25, -0.2) is 0 Å². The number of hydrogen-bond acceptors (Lipinski definition) is 7. The van der Waals surface area contributed by atoms with E-state index in [0.717, 1.165) is 0 Å². The largest absolute Gasteiger partial charge is 0.680 e. The molecule has 0 radical (unpaired) electrons. The molecule has 19 heavy (non-hydrogen) atoms. The average molecular weight is 298 g/mol. The fraction of sp³-hybridized carbons (Fsp3) is 1.00. The molecule has 7 nitrogen and oxygen atoms in total. The molecule has 0 bridgehead atoms. The molecule has 0 saturated carbocycles. The maximum atomic E-state index is 5.52. The summed E-state index contributed by atoms with van der Waals surface area (Å²) in [7, 11) is 1.30. The van der Waals surface area contributed by atoms with Crippen LogP contribution in [0.2, 0.25) is 0 Å². The van der Waals surface area contributed by atoms with E-state index in [1.807, 2.05) is 6.92 Å². The van der Waals surface area contributed by atoms with Crippen LogP contribution in [-0.2, 0) is 31.9 Å². The lowest BCUT2D eigenvalue weighted by molar-refractivity contribution is -0.226. The molecule has 0 saturated heterocycles. The third kappa shape index (κ3) is 7.95. The van der Waals surface area contributed by atoms with Crippen molar-refractivity contribution in [2.45, 2.75) is 33.4 Å². The van der Waals surface area contributed by atoms with E-state index in [1.54, 1.807) is 13.8 Å². The zero-order valence-corrected chi connectivity index (χ0v) is 13.6. The van der Waals surface area contributed by atoms with Crippen molar-refractivity contribution in [2.75, 3.05) is 41.2 Å². The first-order valence-electron chi connectivity index (χ1n) is 6.21. The number of hydrogen-bond donors (Lipinski definition) is 0. The summed E-state index contributed by atoms with van der Waals surface area (Å²) in [6.45, 7) is 7.10. The third-order valence-corrected chi connectivity index (χ3v) is 4.35. The highest BCUT2D eigenvalue weighted by Gasteiger charge is 2.44. The first-order chi connectivity index (χ1) is 9.03. The lowest BCUT2D eigenvalue weighted by atomic mass is 10.6. The van der Waals surface area contributed by atoms with Crippen molar-refractivity contribution in [1.82, 2.24) is 0 Å². The summed E-state index contributed by atoms with van der Waals surface area (Å²) in [5.74, 6) is 0. The molecule has 0 aromatic carbocycles. The molecule has 0 N–H and O–H groups in total. The smallest absolute Gasteiger partial charge is 0.379 e. The van der Waals surface area contributed by atoms with Crippen molar-refractivity contribution >= 4 is 9.05 Å². The Labute approximate surface area is 116 Å². The summed E-state index contributed by atoms with van der Waals surface area (Å²) in [4.78, 5) is 0. The topological polar surface area (TPSA) is 64.6 Å². The molecular weight excluding hydrogens is 272 g/mol.